The summed E-state index contributed by atoms with van der Waals surface area (Å²) >= 11 is 6.22. The molecule has 1 aliphatic carbocycles. The van der Waals surface area contributed by atoms with E-state index in [4.69, 9.17) is 22.4 Å². The Balaban J connectivity index is 1.82. The van der Waals surface area contributed by atoms with Gasteiger partial charge in [0.1, 0.15) is 5.82 Å². The van der Waals surface area contributed by atoms with E-state index in [1.807, 2.05) is 28.9 Å². The molecule has 6 heteroatoms. The molecule has 20 heavy (non-hydrogen) atoms. The minimum atomic E-state index is 0.532. The van der Waals surface area contributed by atoms with Crippen molar-refractivity contribution < 1.29 is 0 Å². The van der Waals surface area contributed by atoms with Gasteiger partial charge in [-0.2, -0.15) is 10.2 Å². The third kappa shape index (κ3) is 1.78. The zero-order valence-electron chi connectivity index (χ0n) is 10.8. The Bertz CT molecular complexity index is 784. The molecule has 1 saturated carbocycles. The van der Waals surface area contributed by atoms with Crippen LogP contribution >= 0.6 is 11.6 Å². The zero-order chi connectivity index (χ0) is 13.7. The number of aromatic nitrogens is 4. The van der Waals surface area contributed by atoms with Crippen molar-refractivity contribution in [3.05, 3.63) is 40.5 Å². The Labute approximate surface area is 120 Å². The molecule has 3 aromatic rings. The van der Waals surface area contributed by atoms with Crippen LogP contribution in [0.4, 0.5) is 5.82 Å². The van der Waals surface area contributed by atoms with Crippen LogP contribution in [0.25, 0.3) is 11.0 Å². The number of anilines is 1. The molecule has 3 N–H and O–H groups in total. The molecule has 1 aliphatic rings. The van der Waals surface area contributed by atoms with Crippen molar-refractivity contribution in [2.45, 2.75) is 25.3 Å². The predicted octanol–water partition coefficient (Wildman–Crippen LogP) is 2.92. The van der Waals surface area contributed by atoms with Gasteiger partial charge in [0.25, 0.3) is 0 Å². The van der Waals surface area contributed by atoms with E-state index >= 15 is 0 Å². The van der Waals surface area contributed by atoms with Gasteiger partial charge < -0.3 is 5.73 Å². The van der Waals surface area contributed by atoms with Crippen molar-refractivity contribution in [3.63, 3.8) is 0 Å². The highest BCUT2D eigenvalue weighted by Gasteiger charge is 2.31. The van der Waals surface area contributed by atoms with Crippen molar-refractivity contribution in [1.29, 1.82) is 0 Å². The Kier molecular flexibility index (Phi) is 2.50. The van der Waals surface area contributed by atoms with Crippen LogP contribution in [0.15, 0.2) is 24.3 Å². The topological polar surface area (TPSA) is 72.5 Å². The van der Waals surface area contributed by atoms with Gasteiger partial charge >= 0.3 is 0 Å². The summed E-state index contributed by atoms with van der Waals surface area (Å²) in [6.07, 6.45) is 2.37. The molecule has 0 spiro atoms. The Morgan fingerprint density at radius 2 is 2.15 bits per heavy atom. The van der Waals surface area contributed by atoms with Gasteiger partial charge in [0.05, 0.1) is 17.6 Å². The number of hydrogen-bond donors (Lipinski definition) is 2. The minimum absolute atomic E-state index is 0.532. The van der Waals surface area contributed by atoms with Crippen LogP contribution in [0, 0.1) is 0 Å². The highest BCUT2D eigenvalue weighted by molar-refractivity contribution is 6.31. The molecule has 2 heterocycles. The van der Waals surface area contributed by atoms with E-state index in [0.29, 0.717) is 18.3 Å². The SMILES string of the molecule is Nc1[nH]nc2c1c(C1CC1)nn2Cc1ccccc1Cl. The quantitative estimate of drug-likeness (QED) is 0.778. The Hall–Kier alpha value is -2.01. The molecular weight excluding hydrogens is 274 g/mol. The third-order valence-electron chi connectivity index (χ3n) is 3.75. The summed E-state index contributed by atoms with van der Waals surface area (Å²) < 4.78 is 1.89. The number of aromatic amines is 1. The number of nitrogen functional groups attached to an aromatic ring is 1. The Morgan fingerprint density at radius 1 is 1.35 bits per heavy atom. The van der Waals surface area contributed by atoms with E-state index in [0.717, 1.165) is 27.3 Å². The molecule has 0 atom stereocenters. The highest BCUT2D eigenvalue weighted by atomic mass is 35.5. The summed E-state index contributed by atoms with van der Waals surface area (Å²) in [7, 11) is 0. The molecule has 102 valence electrons. The zero-order valence-corrected chi connectivity index (χ0v) is 11.6. The first-order valence-corrected chi connectivity index (χ1v) is 7.05. The van der Waals surface area contributed by atoms with E-state index in [1.54, 1.807) is 0 Å². The fourth-order valence-electron chi connectivity index (χ4n) is 2.55. The van der Waals surface area contributed by atoms with Crippen molar-refractivity contribution in [1.82, 2.24) is 20.0 Å². The van der Waals surface area contributed by atoms with E-state index in [1.165, 1.54) is 12.8 Å². The number of fused-ring (bicyclic) bond motifs is 1. The molecule has 0 saturated heterocycles. The maximum Gasteiger partial charge on any atom is 0.182 e. The van der Waals surface area contributed by atoms with Crippen molar-refractivity contribution in [2.24, 2.45) is 0 Å². The number of rotatable bonds is 3. The molecule has 0 amide bonds. The van der Waals surface area contributed by atoms with Gasteiger partial charge in [-0.25, -0.2) is 4.68 Å². The molecule has 0 unspecified atom stereocenters. The molecule has 0 radical (unpaired) electrons. The van der Waals surface area contributed by atoms with Gasteiger partial charge in [0, 0.05) is 10.9 Å². The van der Waals surface area contributed by atoms with Crippen LogP contribution in [0.5, 0.6) is 0 Å². The second-order valence-corrected chi connectivity index (χ2v) is 5.65. The number of hydrogen-bond acceptors (Lipinski definition) is 3. The molecule has 1 fully saturated rings. The third-order valence-corrected chi connectivity index (χ3v) is 4.12. The van der Waals surface area contributed by atoms with Crippen LogP contribution < -0.4 is 5.73 Å². The summed E-state index contributed by atoms with van der Waals surface area (Å²) in [5.41, 5.74) is 8.89. The van der Waals surface area contributed by atoms with E-state index in [-0.39, 0.29) is 0 Å². The molecule has 4 rings (SSSR count). The van der Waals surface area contributed by atoms with Crippen molar-refractivity contribution >= 4 is 28.5 Å². The average Bonchev–Trinajstić information content (AvgIpc) is 3.12. The second-order valence-electron chi connectivity index (χ2n) is 5.24. The lowest BCUT2D eigenvalue weighted by atomic mass is 10.2. The number of nitrogens with one attached hydrogen (secondary N) is 1. The number of benzene rings is 1. The monoisotopic (exact) mass is 287 g/mol. The molecular formula is C14H14ClN5. The number of nitrogens with zero attached hydrogens (tertiary/aromatic N) is 3. The first kappa shape index (κ1) is 11.8. The first-order valence-electron chi connectivity index (χ1n) is 6.67. The summed E-state index contributed by atoms with van der Waals surface area (Å²) in [5.74, 6) is 1.14. The number of H-pyrrole nitrogens is 1. The number of halogens is 1. The van der Waals surface area contributed by atoms with Crippen LogP contribution in [0.2, 0.25) is 5.02 Å². The maximum absolute atomic E-state index is 6.22. The fraction of sp³-hybridized carbons (Fsp3) is 0.286. The standard InChI is InChI=1S/C14H14ClN5/c15-10-4-2-1-3-9(10)7-20-14-11(13(16)17-18-14)12(19-20)8-5-6-8/h1-4,8H,5-7H2,(H3,16,17,18). The maximum atomic E-state index is 6.22. The van der Waals surface area contributed by atoms with Crippen LogP contribution in [-0.2, 0) is 6.54 Å². The summed E-state index contributed by atoms with van der Waals surface area (Å²) in [5, 5.41) is 13.6. The second kappa shape index (κ2) is 4.24. The highest BCUT2D eigenvalue weighted by Crippen LogP contribution is 2.43. The lowest BCUT2D eigenvalue weighted by Crippen LogP contribution is -2.03. The largest absolute Gasteiger partial charge is 0.383 e. The van der Waals surface area contributed by atoms with Gasteiger partial charge in [0.15, 0.2) is 5.65 Å². The van der Waals surface area contributed by atoms with Crippen molar-refractivity contribution in [2.75, 3.05) is 5.73 Å². The van der Waals surface area contributed by atoms with Gasteiger partial charge in [-0.1, -0.05) is 29.8 Å². The van der Waals surface area contributed by atoms with E-state index < -0.39 is 0 Å². The first-order chi connectivity index (χ1) is 9.74. The summed E-state index contributed by atoms with van der Waals surface area (Å²) in [4.78, 5) is 0. The van der Waals surface area contributed by atoms with E-state index in [2.05, 4.69) is 10.2 Å². The van der Waals surface area contributed by atoms with Gasteiger partial charge in [-0.15, -0.1) is 0 Å². The smallest absolute Gasteiger partial charge is 0.182 e. The molecule has 2 aromatic heterocycles. The van der Waals surface area contributed by atoms with Gasteiger partial charge in [-0.05, 0) is 24.5 Å². The fourth-order valence-corrected chi connectivity index (χ4v) is 2.75. The van der Waals surface area contributed by atoms with Gasteiger partial charge in [-0.3, -0.25) is 5.10 Å². The predicted molar refractivity (Wildman–Crippen MR) is 78.8 cm³/mol. The molecule has 5 nitrogen and oxygen atoms in total. The average molecular weight is 288 g/mol. The Morgan fingerprint density at radius 3 is 2.90 bits per heavy atom. The normalized spacial score (nSPS) is 15.1. The molecule has 0 bridgehead atoms. The van der Waals surface area contributed by atoms with Crippen molar-refractivity contribution in [3.8, 4) is 0 Å². The molecule has 1 aromatic carbocycles. The summed E-state index contributed by atoms with van der Waals surface area (Å²) in [6.45, 7) is 0.604. The summed E-state index contributed by atoms with van der Waals surface area (Å²) in [6, 6.07) is 7.79. The van der Waals surface area contributed by atoms with E-state index in [9.17, 15) is 0 Å². The lowest BCUT2D eigenvalue weighted by Gasteiger charge is -2.04. The minimum Gasteiger partial charge on any atom is -0.383 e. The van der Waals surface area contributed by atoms with Crippen LogP contribution in [-0.4, -0.2) is 20.0 Å². The van der Waals surface area contributed by atoms with Gasteiger partial charge in [0.2, 0.25) is 0 Å². The molecule has 0 aliphatic heterocycles. The van der Waals surface area contributed by atoms with Crippen LogP contribution in [0.1, 0.15) is 30.0 Å². The number of nitrogens with two attached hydrogens (primary N) is 1. The lowest BCUT2D eigenvalue weighted by molar-refractivity contribution is 0.684. The van der Waals surface area contributed by atoms with Crippen LogP contribution in [0.3, 0.4) is 0 Å².